The summed E-state index contributed by atoms with van der Waals surface area (Å²) >= 11 is 0. The predicted octanol–water partition coefficient (Wildman–Crippen LogP) is 2.88. The van der Waals surface area contributed by atoms with Gasteiger partial charge in [0.05, 0.1) is 0 Å². The number of unbranched alkanes of at least 4 members (excludes halogenated alkanes) is 1. The third-order valence-electron chi connectivity index (χ3n) is 2.73. The maximum atomic E-state index is 10.3. The quantitative estimate of drug-likeness (QED) is 0.519. The van der Waals surface area contributed by atoms with Gasteiger partial charge in [-0.15, -0.1) is 0 Å². The Labute approximate surface area is 98.3 Å². The number of carbonyl (C=O) groups is 1. The van der Waals surface area contributed by atoms with Gasteiger partial charge in [0.1, 0.15) is 6.29 Å². The molecule has 2 nitrogen and oxygen atoms in total. The monoisotopic (exact) mass is 219 g/mol. The van der Waals surface area contributed by atoms with Crippen LogP contribution in [0.2, 0.25) is 0 Å². The summed E-state index contributed by atoms with van der Waals surface area (Å²) in [6.45, 7) is 6.36. The SMILES string of the molecule is CC(C)N(CCCC=O)Cc1ccccc1. The largest absolute Gasteiger partial charge is 0.303 e. The van der Waals surface area contributed by atoms with Crippen LogP contribution in [0.5, 0.6) is 0 Å². The molecular weight excluding hydrogens is 198 g/mol. The summed E-state index contributed by atoms with van der Waals surface area (Å²) in [5, 5.41) is 0. The van der Waals surface area contributed by atoms with Crippen LogP contribution in [0.3, 0.4) is 0 Å². The number of carbonyl (C=O) groups excluding carboxylic acids is 1. The molecule has 1 rings (SSSR count). The van der Waals surface area contributed by atoms with Crippen LogP contribution >= 0.6 is 0 Å². The molecular formula is C14H21NO. The van der Waals surface area contributed by atoms with E-state index in [1.54, 1.807) is 0 Å². The molecule has 0 amide bonds. The minimum absolute atomic E-state index is 0.520. The third-order valence-corrected chi connectivity index (χ3v) is 2.73. The molecule has 1 aromatic rings. The van der Waals surface area contributed by atoms with Gasteiger partial charge in [-0.3, -0.25) is 4.90 Å². The molecule has 16 heavy (non-hydrogen) atoms. The molecule has 0 spiro atoms. The maximum absolute atomic E-state index is 10.3. The van der Waals surface area contributed by atoms with Crippen molar-refractivity contribution in [1.29, 1.82) is 0 Å². The first-order valence-electron chi connectivity index (χ1n) is 5.95. The minimum Gasteiger partial charge on any atom is -0.303 e. The number of hydrogen-bond acceptors (Lipinski definition) is 2. The summed E-state index contributed by atoms with van der Waals surface area (Å²) in [5.74, 6) is 0. The van der Waals surface area contributed by atoms with Gasteiger partial charge < -0.3 is 4.79 Å². The highest BCUT2D eigenvalue weighted by Crippen LogP contribution is 2.09. The van der Waals surface area contributed by atoms with E-state index < -0.39 is 0 Å². The van der Waals surface area contributed by atoms with Gasteiger partial charge in [-0.2, -0.15) is 0 Å². The van der Waals surface area contributed by atoms with Crippen molar-refractivity contribution in [3.63, 3.8) is 0 Å². The first kappa shape index (κ1) is 12.9. The lowest BCUT2D eigenvalue weighted by Gasteiger charge is -2.26. The van der Waals surface area contributed by atoms with E-state index in [0.29, 0.717) is 12.5 Å². The zero-order valence-electron chi connectivity index (χ0n) is 10.2. The molecule has 0 fully saturated rings. The molecule has 0 radical (unpaired) electrons. The molecule has 0 aromatic heterocycles. The van der Waals surface area contributed by atoms with Gasteiger partial charge in [0.25, 0.3) is 0 Å². The second kappa shape index (κ2) is 7.18. The Morgan fingerprint density at radius 2 is 1.94 bits per heavy atom. The predicted molar refractivity (Wildman–Crippen MR) is 67.3 cm³/mol. The second-order valence-electron chi connectivity index (χ2n) is 4.36. The zero-order chi connectivity index (χ0) is 11.8. The molecule has 0 aliphatic carbocycles. The normalized spacial score (nSPS) is 11.0. The molecule has 0 aliphatic heterocycles. The van der Waals surface area contributed by atoms with Gasteiger partial charge in [-0.1, -0.05) is 30.3 Å². The van der Waals surface area contributed by atoms with E-state index in [9.17, 15) is 4.79 Å². The highest BCUT2D eigenvalue weighted by Gasteiger charge is 2.09. The van der Waals surface area contributed by atoms with Gasteiger partial charge in [0, 0.05) is 19.0 Å². The van der Waals surface area contributed by atoms with Gasteiger partial charge >= 0.3 is 0 Å². The van der Waals surface area contributed by atoms with Gasteiger partial charge in [-0.25, -0.2) is 0 Å². The molecule has 88 valence electrons. The number of hydrogen-bond donors (Lipinski definition) is 0. The van der Waals surface area contributed by atoms with Crippen LogP contribution in [0.25, 0.3) is 0 Å². The molecule has 0 atom stereocenters. The summed E-state index contributed by atoms with van der Waals surface area (Å²) in [7, 11) is 0. The summed E-state index contributed by atoms with van der Waals surface area (Å²) in [6.07, 6.45) is 2.62. The van der Waals surface area contributed by atoms with E-state index in [1.807, 2.05) is 6.07 Å². The van der Waals surface area contributed by atoms with E-state index in [2.05, 4.69) is 43.0 Å². The average molecular weight is 219 g/mol. The number of aldehydes is 1. The molecule has 1 aromatic carbocycles. The van der Waals surface area contributed by atoms with Crippen LogP contribution < -0.4 is 0 Å². The van der Waals surface area contributed by atoms with Crippen molar-refractivity contribution < 1.29 is 4.79 Å². The summed E-state index contributed by atoms with van der Waals surface area (Å²) in [4.78, 5) is 12.7. The van der Waals surface area contributed by atoms with Crippen LogP contribution in [0.4, 0.5) is 0 Å². The topological polar surface area (TPSA) is 20.3 Å². The van der Waals surface area contributed by atoms with E-state index in [1.165, 1.54) is 5.56 Å². The van der Waals surface area contributed by atoms with Crippen molar-refractivity contribution in [1.82, 2.24) is 4.90 Å². The second-order valence-corrected chi connectivity index (χ2v) is 4.36. The number of rotatable bonds is 7. The molecule has 0 unspecified atom stereocenters. The Bertz CT molecular complexity index is 295. The Hall–Kier alpha value is -1.15. The van der Waals surface area contributed by atoms with Crippen molar-refractivity contribution in [2.45, 2.75) is 39.3 Å². The van der Waals surface area contributed by atoms with Crippen molar-refractivity contribution in [3.05, 3.63) is 35.9 Å². The Balaban J connectivity index is 2.48. The summed E-state index contributed by atoms with van der Waals surface area (Å²) in [5.41, 5.74) is 1.34. The molecule has 0 N–H and O–H groups in total. The fraction of sp³-hybridized carbons (Fsp3) is 0.500. The third kappa shape index (κ3) is 4.58. The number of benzene rings is 1. The minimum atomic E-state index is 0.520. The Morgan fingerprint density at radius 3 is 2.50 bits per heavy atom. The lowest BCUT2D eigenvalue weighted by molar-refractivity contribution is -0.108. The van der Waals surface area contributed by atoms with E-state index in [-0.39, 0.29) is 0 Å². The van der Waals surface area contributed by atoms with Crippen molar-refractivity contribution in [2.75, 3.05) is 6.54 Å². The fourth-order valence-corrected chi connectivity index (χ4v) is 1.72. The van der Waals surface area contributed by atoms with Crippen molar-refractivity contribution in [3.8, 4) is 0 Å². The zero-order valence-corrected chi connectivity index (χ0v) is 10.2. The molecule has 0 heterocycles. The van der Waals surface area contributed by atoms with Crippen LogP contribution in [0.1, 0.15) is 32.3 Å². The van der Waals surface area contributed by atoms with E-state index in [4.69, 9.17) is 0 Å². The summed E-state index contributed by atoms with van der Waals surface area (Å²) < 4.78 is 0. The highest BCUT2D eigenvalue weighted by atomic mass is 16.1. The Kier molecular flexibility index (Phi) is 5.79. The van der Waals surface area contributed by atoms with Crippen molar-refractivity contribution >= 4 is 6.29 Å². The average Bonchev–Trinajstić information content (AvgIpc) is 2.29. The molecule has 2 heteroatoms. The van der Waals surface area contributed by atoms with Gasteiger partial charge in [-0.05, 0) is 32.4 Å². The molecule has 0 aliphatic rings. The van der Waals surface area contributed by atoms with E-state index in [0.717, 1.165) is 25.8 Å². The first-order valence-corrected chi connectivity index (χ1v) is 5.95. The molecule has 0 saturated heterocycles. The van der Waals surface area contributed by atoms with Crippen LogP contribution in [-0.4, -0.2) is 23.8 Å². The van der Waals surface area contributed by atoms with Gasteiger partial charge in [0.15, 0.2) is 0 Å². The van der Waals surface area contributed by atoms with Gasteiger partial charge in [0.2, 0.25) is 0 Å². The van der Waals surface area contributed by atoms with E-state index >= 15 is 0 Å². The Morgan fingerprint density at radius 1 is 1.25 bits per heavy atom. The first-order chi connectivity index (χ1) is 7.74. The number of nitrogens with zero attached hydrogens (tertiary/aromatic N) is 1. The lowest BCUT2D eigenvalue weighted by Crippen LogP contribution is -2.31. The molecule has 0 saturated carbocycles. The maximum Gasteiger partial charge on any atom is 0.120 e. The van der Waals surface area contributed by atoms with Crippen LogP contribution in [-0.2, 0) is 11.3 Å². The fourth-order valence-electron chi connectivity index (χ4n) is 1.72. The molecule has 0 bridgehead atoms. The summed E-state index contributed by atoms with van der Waals surface area (Å²) in [6, 6.07) is 11.0. The highest BCUT2D eigenvalue weighted by molar-refractivity contribution is 5.49. The smallest absolute Gasteiger partial charge is 0.120 e. The van der Waals surface area contributed by atoms with Crippen LogP contribution in [0, 0.1) is 0 Å². The van der Waals surface area contributed by atoms with Crippen molar-refractivity contribution in [2.24, 2.45) is 0 Å². The lowest BCUT2D eigenvalue weighted by atomic mass is 10.1. The standard InChI is InChI=1S/C14H21NO/c1-13(2)15(10-6-7-11-16)12-14-8-4-3-5-9-14/h3-5,8-9,11,13H,6-7,10,12H2,1-2H3. The van der Waals surface area contributed by atoms with Crippen LogP contribution in [0.15, 0.2) is 30.3 Å².